The molecule has 0 aromatic carbocycles. The van der Waals surface area contributed by atoms with Crippen LogP contribution in [-0.2, 0) is 6.42 Å². The summed E-state index contributed by atoms with van der Waals surface area (Å²) in [4.78, 5) is 12.9. The molecule has 8 heteroatoms. The molecule has 1 aliphatic heterocycles. The summed E-state index contributed by atoms with van der Waals surface area (Å²) in [6.07, 6.45) is 1.78. The molecule has 2 aromatic rings. The Morgan fingerprint density at radius 3 is 2.85 bits per heavy atom. The molecule has 2 atom stereocenters. The highest BCUT2D eigenvalue weighted by Gasteiger charge is 2.25. The minimum Gasteiger partial charge on any atom is -0.382 e. The van der Waals surface area contributed by atoms with Gasteiger partial charge in [-0.15, -0.1) is 11.6 Å². The first-order valence-electron chi connectivity index (χ1n) is 6.58. The largest absolute Gasteiger partial charge is 0.382 e. The van der Waals surface area contributed by atoms with Crippen LogP contribution in [0, 0.1) is 0 Å². The van der Waals surface area contributed by atoms with E-state index in [0.29, 0.717) is 23.8 Å². The van der Waals surface area contributed by atoms with E-state index in [1.165, 1.54) is 0 Å². The van der Waals surface area contributed by atoms with Crippen molar-refractivity contribution in [1.29, 1.82) is 0 Å². The van der Waals surface area contributed by atoms with Crippen LogP contribution < -0.4 is 11.5 Å². The van der Waals surface area contributed by atoms with Gasteiger partial charge in [0.1, 0.15) is 5.82 Å². The van der Waals surface area contributed by atoms with E-state index < -0.39 is 0 Å². The lowest BCUT2D eigenvalue weighted by Crippen LogP contribution is -2.15. The molecular weight excluding hydrogens is 296 g/mol. The molecular formula is C12H17ClN6S. The van der Waals surface area contributed by atoms with E-state index in [0.717, 1.165) is 29.4 Å². The van der Waals surface area contributed by atoms with Gasteiger partial charge < -0.3 is 16.0 Å². The Kier molecular flexibility index (Phi) is 3.64. The fourth-order valence-corrected chi connectivity index (χ4v) is 3.89. The van der Waals surface area contributed by atoms with Gasteiger partial charge in [0.2, 0.25) is 5.95 Å². The monoisotopic (exact) mass is 312 g/mol. The van der Waals surface area contributed by atoms with Gasteiger partial charge in [-0.2, -0.15) is 21.7 Å². The van der Waals surface area contributed by atoms with Gasteiger partial charge >= 0.3 is 0 Å². The number of nitrogens with two attached hydrogens (primary N) is 2. The van der Waals surface area contributed by atoms with Crippen LogP contribution in [0.3, 0.4) is 0 Å². The standard InChI is InChI=1S/C12H17ClN6S/c1-6(13)4-8-16-9-10(14)17-12(15)18-11(9)19(8)7-2-3-20-5-7/h6-7H,2-5H2,1H3,(H4,14,15,17,18). The van der Waals surface area contributed by atoms with Gasteiger partial charge in [-0.1, -0.05) is 0 Å². The SMILES string of the molecule is CC(Cl)Cc1nc2c(N)nc(N)nc2n1C1CCSC1. The molecule has 1 saturated heterocycles. The number of aromatic nitrogens is 4. The van der Waals surface area contributed by atoms with Crippen molar-refractivity contribution < 1.29 is 0 Å². The van der Waals surface area contributed by atoms with Gasteiger partial charge in [0.15, 0.2) is 17.0 Å². The molecule has 6 nitrogen and oxygen atoms in total. The summed E-state index contributed by atoms with van der Waals surface area (Å²) >= 11 is 8.08. The zero-order chi connectivity index (χ0) is 14.3. The number of hydrogen-bond acceptors (Lipinski definition) is 6. The van der Waals surface area contributed by atoms with Gasteiger partial charge in [-0.3, -0.25) is 0 Å². The maximum atomic E-state index is 6.14. The topological polar surface area (TPSA) is 95.6 Å². The predicted molar refractivity (Wildman–Crippen MR) is 84.1 cm³/mol. The molecule has 4 N–H and O–H groups in total. The van der Waals surface area contributed by atoms with E-state index in [2.05, 4.69) is 19.5 Å². The van der Waals surface area contributed by atoms with Crippen molar-refractivity contribution >= 4 is 46.3 Å². The molecule has 3 heterocycles. The number of alkyl halides is 1. The second kappa shape index (κ2) is 5.29. The van der Waals surface area contributed by atoms with Crippen LogP contribution in [0.4, 0.5) is 11.8 Å². The van der Waals surface area contributed by atoms with Gasteiger partial charge in [-0.25, -0.2) is 4.98 Å². The molecule has 0 amide bonds. The first kappa shape index (κ1) is 13.8. The Labute approximate surface area is 126 Å². The molecule has 1 fully saturated rings. The Balaban J connectivity index is 2.20. The van der Waals surface area contributed by atoms with E-state index in [1.54, 1.807) is 0 Å². The van der Waals surface area contributed by atoms with Crippen molar-refractivity contribution in [3.63, 3.8) is 0 Å². The molecule has 0 radical (unpaired) electrons. The maximum Gasteiger partial charge on any atom is 0.224 e. The van der Waals surface area contributed by atoms with E-state index in [9.17, 15) is 0 Å². The normalized spacial score (nSPS) is 20.6. The Morgan fingerprint density at radius 2 is 2.20 bits per heavy atom. The van der Waals surface area contributed by atoms with E-state index in [4.69, 9.17) is 23.1 Å². The summed E-state index contributed by atoms with van der Waals surface area (Å²) in [5.74, 6) is 3.64. The number of nitrogen functional groups attached to an aromatic ring is 2. The quantitative estimate of drug-likeness (QED) is 0.840. The third-order valence-electron chi connectivity index (χ3n) is 3.39. The number of nitrogens with zero attached hydrogens (tertiary/aromatic N) is 4. The fraction of sp³-hybridized carbons (Fsp3) is 0.583. The summed E-state index contributed by atoms with van der Waals surface area (Å²) < 4.78 is 2.16. The number of fused-ring (bicyclic) bond motifs is 1. The molecule has 0 bridgehead atoms. The van der Waals surface area contributed by atoms with Crippen molar-refractivity contribution in [2.75, 3.05) is 23.0 Å². The molecule has 2 aromatic heterocycles. The average Bonchev–Trinajstić information content (AvgIpc) is 2.95. The first-order chi connectivity index (χ1) is 9.56. The van der Waals surface area contributed by atoms with E-state index in [1.807, 2.05) is 18.7 Å². The van der Waals surface area contributed by atoms with Crippen LogP contribution >= 0.6 is 23.4 Å². The molecule has 0 saturated carbocycles. The summed E-state index contributed by atoms with van der Waals surface area (Å²) in [5.41, 5.74) is 13.0. The van der Waals surface area contributed by atoms with Crippen molar-refractivity contribution in [3.8, 4) is 0 Å². The van der Waals surface area contributed by atoms with Crippen molar-refractivity contribution in [3.05, 3.63) is 5.82 Å². The maximum absolute atomic E-state index is 6.14. The van der Waals surface area contributed by atoms with Crippen LogP contribution in [-0.4, -0.2) is 36.4 Å². The number of hydrogen-bond donors (Lipinski definition) is 2. The smallest absolute Gasteiger partial charge is 0.224 e. The highest BCUT2D eigenvalue weighted by molar-refractivity contribution is 7.99. The highest BCUT2D eigenvalue weighted by atomic mass is 35.5. The van der Waals surface area contributed by atoms with Crippen molar-refractivity contribution in [2.24, 2.45) is 0 Å². The minimum atomic E-state index is 0.00569. The average molecular weight is 313 g/mol. The second-order valence-electron chi connectivity index (χ2n) is 5.04. The van der Waals surface area contributed by atoms with Crippen LogP contribution in [0.25, 0.3) is 11.2 Å². The lowest BCUT2D eigenvalue weighted by Gasteiger charge is -2.15. The third-order valence-corrected chi connectivity index (χ3v) is 4.69. The van der Waals surface area contributed by atoms with Crippen LogP contribution in [0.15, 0.2) is 0 Å². The Bertz CT molecular complexity index is 634. The van der Waals surface area contributed by atoms with Crippen molar-refractivity contribution in [1.82, 2.24) is 19.5 Å². The van der Waals surface area contributed by atoms with Gasteiger partial charge in [0.05, 0.1) is 0 Å². The number of halogens is 1. The minimum absolute atomic E-state index is 0.00569. The lowest BCUT2D eigenvalue weighted by atomic mass is 10.2. The van der Waals surface area contributed by atoms with Crippen LogP contribution in [0.2, 0.25) is 0 Å². The van der Waals surface area contributed by atoms with E-state index >= 15 is 0 Å². The molecule has 108 valence electrons. The summed E-state index contributed by atoms with van der Waals surface area (Å²) in [5, 5.41) is 0.00569. The lowest BCUT2D eigenvalue weighted by molar-refractivity contribution is 0.543. The summed E-state index contributed by atoms with van der Waals surface area (Å²) in [6.45, 7) is 1.96. The fourth-order valence-electron chi connectivity index (χ4n) is 2.56. The molecule has 1 aliphatic rings. The predicted octanol–water partition coefficient (Wildman–Crippen LogP) is 1.84. The number of imidazole rings is 1. The third kappa shape index (κ3) is 2.40. The Morgan fingerprint density at radius 1 is 1.40 bits per heavy atom. The van der Waals surface area contributed by atoms with Gasteiger partial charge in [0.25, 0.3) is 0 Å². The molecule has 0 aliphatic carbocycles. The van der Waals surface area contributed by atoms with Crippen molar-refractivity contribution in [2.45, 2.75) is 31.2 Å². The second-order valence-corrected chi connectivity index (χ2v) is 6.93. The van der Waals surface area contributed by atoms with Crippen LogP contribution in [0.1, 0.15) is 25.2 Å². The molecule has 20 heavy (non-hydrogen) atoms. The molecule has 2 unspecified atom stereocenters. The zero-order valence-electron chi connectivity index (χ0n) is 11.2. The number of thioether (sulfide) groups is 1. The zero-order valence-corrected chi connectivity index (χ0v) is 12.8. The van der Waals surface area contributed by atoms with E-state index in [-0.39, 0.29) is 11.3 Å². The molecule has 0 spiro atoms. The molecule has 3 rings (SSSR count). The number of rotatable bonds is 3. The van der Waals surface area contributed by atoms with Gasteiger partial charge in [-0.05, 0) is 19.1 Å². The number of anilines is 2. The summed E-state index contributed by atoms with van der Waals surface area (Å²) in [7, 11) is 0. The Hall–Kier alpha value is -1.21. The van der Waals surface area contributed by atoms with Crippen LogP contribution in [0.5, 0.6) is 0 Å². The summed E-state index contributed by atoms with van der Waals surface area (Å²) in [6, 6.07) is 0.379. The van der Waals surface area contributed by atoms with Gasteiger partial charge in [0, 0.05) is 23.6 Å². The highest BCUT2D eigenvalue weighted by Crippen LogP contribution is 2.33. The first-order valence-corrected chi connectivity index (χ1v) is 8.17.